The van der Waals surface area contributed by atoms with E-state index in [9.17, 15) is 9.59 Å². The van der Waals surface area contributed by atoms with Crippen LogP contribution in [0.15, 0.2) is 35.7 Å². The molecule has 2 aromatic heterocycles. The monoisotopic (exact) mass is 467 g/mol. The Hall–Kier alpha value is -3.00. The van der Waals surface area contributed by atoms with Crippen LogP contribution >= 0.6 is 11.3 Å². The van der Waals surface area contributed by atoms with Gasteiger partial charge in [0.25, 0.3) is 5.91 Å². The fourth-order valence-electron chi connectivity index (χ4n) is 4.75. The Balaban J connectivity index is 1.18. The summed E-state index contributed by atoms with van der Waals surface area (Å²) in [6.45, 7) is 7.09. The van der Waals surface area contributed by atoms with Crippen LogP contribution in [0.3, 0.4) is 0 Å². The number of likely N-dealkylation sites (tertiary alicyclic amines) is 1. The molecule has 2 aliphatic heterocycles. The van der Waals surface area contributed by atoms with Crippen LogP contribution in [0.25, 0.3) is 10.2 Å². The molecule has 8 heteroatoms. The molecule has 174 valence electrons. The summed E-state index contributed by atoms with van der Waals surface area (Å²) >= 11 is 1.66. The fourth-order valence-corrected chi connectivity index (χ4v) is 5.57. The van der Waals surface area contributed by atoms with Crippen molar-refractivity contribution in [1.82, 2.24) is 14.8 Å². The first-order valence-corrected chi connectivity index (χ1v) is 12.5. The lowest BCUT2D eigenvalue weighted by molar-refractivity contribution is -0.127. The maximum Gasteiger partial charge on any atom is 0.270 e. The first-order valence-electron chi connectivity index (χ1n) is 11.6. The van der Waals surface area contributed by atoms with E-state index in [-0.39, 0.29) is 23.8 Å². The lowest BCUT2D eigenvalue weighted by atomic mass is 9.95. The standard InChI is InChI=1S/C25H29N3O4S/c1-3-28-19-8-13-33-23(19)15-20(28)25(30)27-9-6-17(7-10-27)24(29)26-16(2)18-4-5-21-22(14-18)32-12-11-31-21/h4-5,8,13-17H,3,6-7,9-12H2,1-2H3,(H,26,29). The molecule has 5 rings (SSSR count). The lowest BCUT2D eigenvalue weighted by Gasteiger charge is -2.32. The van der Waals surface area contributed by atoms with Crippen molar-refractivity contribution < 1.29 is 19.1 Å². The number of piperidine rings is 1. The predicted octanol–water partition coefficient (Wildman–Crippen LogP) is 4.22. The Morgan fingerprint density at radius 2 is 1.88 bits per heavy atom. The third kappa shape index (κ3) is 4.19. The molecule has 1 fully saturated rings. The van der Waals surface area contributed by atoms with Gasteiger partial charge in [0.15, 0.2) is 11.5 Å². The van der Waals surface area contributed by atoms with E-state index < -0.39 is 0 Å². The maximum absolute atomic E-state index is 13.2. The number of hydrogen-bond donors (Lipinski definition) is 1. The Bertz CT molecular complexity index is 1180. The number of amides is 2. The molecule has 1 unspecified atom stereocenters. The molecule has 0 spiro atoms. The van der Waals surface area contributed by atoms with Gasteiger partial charge in [-0.05, 0) is 61.9 Å². The van der Waals surface area contributed by atoms with Crippen LogP contribution < -0.4 is 14.8 Å². The van der Waals surface area contributed by atoms with Gasteiger partial charge < -0.3 is 24.3 Å². The summed E-state index contributed by atoms with van der Waals surface area (Å²) in [6.07, 6.45) is 1.35. The van der Waals surface area contributed by atoms with Crippen molar-refractivity contribution in [3.8, 4) is 11.5 Å². The van der Waals surface area contributed by atoms with Crippen LogP contribution in [0, 0.1) is 5.92 Å². The molecule has 1 N–H and O–H groups in total. The average Bonchev–Trinajstić information content (AvgIpc) is 3.44. The zero-order valence-electron chi connectivity index (χ0n) is 19.0. The highest BCUT2D eigenvalue weighted by atomic mass is 32.1. The molecule has 7 nitrogen and oxygen atoms in total. The second-order valence-corrected chi connectivity index (χ2v) is 9.59. The van der Waals surface area contributed by atoms with Crippen LogP contribution in [-0.2, 0) is 11.3 Å². The largest absolute Gasteiger partial charge is 0.486 e. The number of benzene rings is 1. The summed E-state index contributed by atoms with van der Waals surface area (Å²) in [5.41, 5.74) is 2.85. The van der Waals surface area contributed by atoms with Gasteiger partial charge >= 0.3 is 0 Å². The second-order valence-electron chi connectivity index (χ2n) is 8.64. The van der Waals surface area contributed by atoms with Gasteiger partial charge in [-0.2, -0.15) is 0 Å². The summed E-state index contributed by atoms with van der Waals surface area (Å²) in [6, 6.07) is 9.74. The van der Waals surface area contributed by atoms with Gasteiger partial charge in [0, 0.05) is 25.6 Å². The van der Waals surface area contributed by atoms with Crippen LogP contribution in [0.1, 0.15) is 48.8 Å². The summed E-state index contributed by atoms with van der Waals surface area (Å²) in [5, 5.41) is 5.20. The van der Waals surface area contributed by atoms with E-state index >= 15 is 0 Å². The summed E-state index contributed by atoms with van der Waals surface area (Å²) in [7, 11) is 0. The van der Waals surface area contributed by atoms with E-state index in [0.29, 0.717) is 39.1 Å². The number of fused-ring (bicyclic) bond motifs is 2. The van der Waals surface area contributed by atoms with E-state index in [1.165, 1.54) is 0 Å². The van der Waals surface area contributed by atoms with Crippen LogP contribution in [-0.4, -0.2) is 47.6 Å². The highest BCUT2D eigenvalue weighted by Crippen LogP contribution is 2.33. The third-order valence-electron chi connectivity index (χ3n) is 6.64. The number of carbonyl (C=O) groups is 2. The van der Waals surface area contributed by atoms with Crippen molar-refractivity contribution in [2.45, 2.75) is 39.3 Å². The Morgan fingerprint density at radius 1 is 1.12 bits per heavy atom. The van der Waals surface area contributed by atoms with Crippen LogP contribution in [0.2, 0.25) is 0 Å². The van der Waals surface area contributed by atoms with E-state index in [1.807, 2.05) is 36.1 Å². The zero-order chi connectivity index (χ0) is 22.9. The Morgan fingerprint density at radius 3 is 2.64 bits per heavy atom. The van der Waals surface area contributed by atoms with E-state index in [2.05, 4.69) is 28.3 Å². The minimum Gasteiger partial charge on any atom is -0.486 e. The Kier molecular flexibility index (Phi) is 6.01. The average molecular weight is 468 g/mol. The molecule has 3 aromatic rings. The Labute approximate surface area is 197 Å². The fraction of sp³-hybridized carbons (Fsp3) is 0.440. The summed E-state index contributed by atoms with van der Waals surface area (Å²) in [4.78, 5) is 28.0. The van der Waals surface area contributed by atoms with Crippen molar-refractivity contribution in [1.29, 1.82) is 0 Å². The molecule has 4 heterocycles. The van der Waals surface area contributed by atoms with Gasteiger partial charge in [-0.1, -0.05) is 6.07 Å². The zero-order valence-corrected chi connectivity index (χ0v) is 19.8. The SMILES string of the molecule is CCn1c(C(=O)N2CCC(C(=O)NC(C)c3ccc4c(c3)OCCO4)CC2)cc2sccc21. The van der Waals surface area contributed by atoms with Crippen molar-refractivity contribution in [2.24, 2.45) is 5.92 Å². The quantitative estimate of drug-likeness (QED) is 0.610. The number of hydrogen-bond acceptors (Lipinski definition) is 5. The normalized spacial score (nSPS) is 17.2. The van der Waals surface area contributed by atoms with Crippen molar-refractivity contribution >= 4 is 33.4 Å². The van der Waals surface area contributed by atoms with E-state index in [4.69, 9.17) is 9.47 Å². The van der Waals surface area contributed by atoms with Gasteiger partial charge in [-0.25, -0.2) is 0 Å². The topological polar surface area (TPSA) is 72.8 Å². The molecule has 0 saturated carbocycles. The molecule has 0 radical (unpaired) electrons. The van der Waals surface area contributed by atoms with Crippen molar-refractivity contribution in [2.75, 3.05) is 26.3 Å². The van der Waals surface area contributed by atoms with Crippen LogP contribution in [0.4, 0.5) is 0 Å². The first kappa shape index (κ1) is 21.8. The van der Waals surface area contributed by atoms with Gasteiger partial charge in [0.05, 0.1) is 16.3 Å². The number of thiophene rings is 1. The van der Waals surface area contributed by atoms with Gasteiger partial charge in [-0.3, -0.25) is 9.59 Å². The predicted molar refractivity (Wildman–Crippen MR) is 128 cm³/mol. The number of nitrogens with one attached hydrogen (secondary N) is 1. The molecule has 1 aromatic carbocycles. The number of aryl methyl sites for hydroxylation is 1. The van der Waals surface area contributed by atoms with Crippen molar-refractivity contribution in [3.05, 3.63) is 47.0 Å². The van der Waals surface area contributed by atoms with Crippen LogP contribution in [0.5, 0.6) is 11.5 Å². The molecular formula is C25H29N3O4S. The number of carbonyl (C=O) groups excluding carboxylic acids is 2. The minimum atomic E-state index is -0.131. The number of rotatable bonds is 5. The number of nitrogens with zero attached hydrogens (tertiary/aromatic N) is 2. The van der Waals surface area contributed by atoms with Gasteiger partial charge in [-0.15, -0.1) is 11.3 Å². The van der Waals surface area contributed by atoms with Gasteiger partial charge in [0.2, 0.25) is 5.91 Å². The maximum atomic E-state index is 13.2. The molecule has 33 heavy (non-hydrogen) atoms. The summed E-state index contributed by atoms with van der Waals surface area (Å²) in [5.74, 6) is 1.49. The molecule has 1 atom stereocenters. The molecule has 0 aliphatic carbocycles. The second kappa shape index (κ2) is 9.09. The lowest BCUT2D eigenvalue weighted by Crippen LogP contribution is -2.43. The third-order valence-corrected chi connectivity index (χ3v) is 7.49. The molecular weight excluding hydrogens is 438 g/mol. The number of ether oxygens (including phenoxy) is 2. The van der Waals surface area contributed by atoms with E-state index in [1.54, 1.807) is 11.3 Å². The molecule has 1 saturated heterocycles. The molecule has 2 amide bonds. The highest BCUT2D eigenvalue weighted by Gasteiger charge is 2.30. The highest BCUT2D eigenvalue weighted by molar-refractivity contribution is 7.17. The smallest absolute Gasteiger partial charge is 0.270 e. The molecule has 0 bridgehead atoms. The number of aromatic nitrogens is 1. The van der Waals surface area contributed by atoms with E-state index in [0.717, 1.165) is 39.5 Å². The van der Waals surface area contributed by atoms with Crippen molar-refractivity contribution in [3.63, 3.8) is 0 Å². The molecule has 2 aliphatic rings. The first-order chi connectivity index (χ1) is 16.0. The minimum absolute atomic E-state index is 0.0435. The summed E-state index contributed by atoms with van der Waals surface area (Å²) < 4.78 is 14.5. The van der Waals surface area contributed by atoms with Gasteiger partial charge in [0.1, 0.15) is 18.9 Å².